The van der Waals surface area contributed by atoms with Gasteiger partial charge in [0.25, 0.3) is 0 Å². The largest absolute Gasteiger partial charge is 0.364 e. The molecular formula is C28H37N5. The van der Waals surface area contributed by atoms with Crippen LogP contribution in [0.15, 0.2) is 78.7 Å². The van der Waals surface area contributed by atoms with E-state index in [1.54, 1.807) is 4.68 Å². The van der Waals surface area contributed by atoms with Crippen LogP contribution in [-0.4, -0.2) is 25.8 Å². The van der Waals surface area contributed by atoms with Crippen LogP contribution in [0, 0.1) is 6.92 Å². The summed E-state index contributed by atoms with van der Waals surface area (Å²) in [5, 5.41) is 7.80. The topological polar surface area (TPSA) is 55.6 Å². The molecule has 0 amide bonds. The van der Waals surface area contributed by atoms with Gasteiger partial charge in [-0.25, -0.2) is 9.97 Å². The van der Waals surface area contributed by atoms with Crippen molar-refractivity contribution in [2.75, 3.05) is 5.32 Å². The van der Waals surface area contributed by atoms with E-state index in [2.05, 4.69) is 71.7 Å². The van der Waals surface area contributed by atoms with Gasteiger partial charge >= 0.3 is 0 Å². The van der Waals surface area contributed by atoms with Gasteiger partial charge < -0.3 is 5.32 Å². The third-order valence-electron chi connectivity index (χ3n) is 5.36. The van der Waals surface area contributed by atoms with Gasteiger partial charge in [-0.1, -0.05) is 50.0 Å². The molecular weight excluding hydrogens is 406 g/mol. The second-order valence-electron chi connectivity index (χ2n) is 8.18. The summed E-state index contributed by atoms with van der Waals surface area (Å²) in [7, 11) is 1.91. The van der Waals surface area contributed by atoms with Crippen molar-refractivity contribution >= 4 is 17.0 Å². The highest BCUT2D eigenvalue weighted by Gasteiger charge is 2.12. The normalized spacial score (nSPS) is 14.0. The van der Waals surface area contributed by atoms with E-state index in [0.717, 1.165) is 51.6 Å². The van der Waals surface area contributed by atoms with Crippen molar-refractivity contribution < 1.29 is 0 Å². The number of rotatable bonds is 10. The molecule has 0 aromatic carbocycles. The molecule has 0 saturated carbocycles. The zero-order chi connectivity index (χ0) is 24.5. The fraction of sp³-hybridized carbons (Fsp3) is 0.321. The number of hydrogen-bond acceptors (Lipinski definition) is 4. The molecule has 1 atom stereocenters. The SMILES string of the molecule is C=C(C)C(C=CC)=CC(=CC)c1cc(NC(C)C(=CC(=C)c2cnn(C)c2)CC)nc(C)n1. The molecule has 2 aromatic rings. The highest BCUT2D eigenvalue weighted by molar-refractivity contribution is 5.75. The van der Waals surface area contributed by atoms with Crippen LogP contribution in [0.4, 0.5) is 5.82 Å². The highest BCUT2D eigenvalue weighted by Crippen LogP contribution is 2.24. The minimum atomic E-state index is 0.0872. The first-order chi connectivity index (χ1) is 15.7. The number of nitrogens with one attached hydrogen (secondary N) is 1. The van der Waals surface area contributed by atoms with E-state index in [9.17, 15) is 0 Å². The summed E-state index contributed by atoms with van der Waals surface area (Å²) >= 11 is 0. The lowest BCUT2D eigenvalue weighted by molar-refractivity contribution is 0.767. The number of aryl methyl sites for hydroxylation is 2. The Morgan fingerprint density at radius 1 is 1.21 bits per heavy atom. The maximum Gasteiger partial charge on any atom is 0.130 e. The maximum absolute atomic E-state index is 4.68. The first-order valence-corrected chi connectivity index (χ1v) is 11.4. The zero-order valence-corrected chi connectivity index (χ0v) is 21.1. The average Bonchev–Trinajstić information content (AvgIpc) is 3.20. The lowest BCUT2D eigenvalue weighted by Crippen LogP contribution is -2.19. The molecule has 0 aliphatic rings. The summed E-state index contributed by atoms with van der Waals surface area (Å²) in [6.45, 7) is 20.6. The summed E-state index contributed by atoms with van der Waals surface area (Å²) in [6.07, 6.45) is 15.1. The minimum Gasteiger partial charge on any atom is -0.364 e. The Kier molecular flexibility index (Phi) is 9.34. The van der Waals surface area contributed by atoms with E-state index >= 15 is 0 Å². The summed E-state index contributed by atoms with van der Waals surface area (Å²) in [5.41, 5.74) is 7.21. The van der Waals surface area contributed by atoms with Crippen molar-refractivity contribution in [3.63, 3.8) is 0 Å². The Labute approximate surface area is 199 Å². The molecule has 0 bridgehead atoms. The van der Waals surface area contributed by atoms with Crippen LogP contribution in [0.1, 0.15) is 58.1 Å². The smallest absolute Gasteiger partial charge is 0.130 e. The van der Waals surface area contributed by atoms with Crippen molar-refractivity contribution in [1.29, 1.82) is 0 Å². The Bertz CT molecular complexity index is 1120. The molecule has 0 radical (unpaired) electrons. The Balaban J connectivity index is 2.32. The van der Waals surface area contributed by atoms with Gasteiger partial charge in [0.2, 0.25) is 0 Å². The van der Waals surface area contributed by atoms with Crippen molar-refractivity contribution in [2.45, 2.75) is 54.0 Å². The predicted molar refractivity (Wildman–Crippen MR) is 142 cm³/mol. The molecule has 1 N–H and O–H groups in total. The molecule has 2 heterocycles. The van der Waals surface area contributed by atoms with E-state index in [1.807, 2.05) is 59.3 Å². The van der Waals surface area contributed by atoms with Crippen LogP contribution in [0.5, 0.6) is 0 Å². The summed E-state index contributed by atoms with van der Waals surface area (Å²) in [4.78, 5) is 9.32. The fourth-order valence-corrected chi connectivity index (χ4v) is 3.50. The lowest BCUT2D eigenvalue weighted by Gasteiger charge is -2.19. The fourth-order valence-electron chi connectivity index (χ4n) is 3.50. The Hall–Kier alpha value is -3.47. The van der Waals surface area contributed by atoms with E-state index < -0.39 is 0 Å². The molecule has 2 rings (SSSR count). The molecule has 0 spiro atoms. The van der Waals surface area contributed by atoms with Gasteiger partial charge in [0, 0.05) is 30.9 Å². The third kappa shape index (κ3) is 7.28. The van der Waals surface area contributed by atoms with Gasteiger partial charge in [-0.05, 0) is 69.4 Å². The zero-order valence-electron chi connectivity index (χ0n) is 21.1. The molecule has 0 aliphatic carbocycles. The molecule has 0 saturated heterocycles. The second-order valence-corrected chi connectivity index (χ2v) is 8.18. The standard InChI is InChI=1S/C28H37N5/c1-10-13-25(19(4)5)15-24(12-3)27-16-28(32-22(8)31-27)30-21(7)23(11-2)14-20(6)26-17-29-33(9)18-26/h10,12-18,21H,4,6,11H2,1-3,5,7-9H3,(H,30,31,32). The first-order valence-electron chi connectivity index (χ1n) is 11.4. The van der Waals surface area contributed by atoms with Gasteiger partial charge in [0.1, 0.15) is 11.6 Å². The van der Waals surface area contributed by atoms with Crippen LogP contribution < -0.4 is 5.32 Å². The lowest BCUT2D eigenvalue weighted by atomic mass is 10.0. The van der Waals surface area contributed by atoms with Gasteiger partial charge in [-0.2, -0.15) is 5.10 Å². The number of nitrogens with zero attached hydrogens (tertiary/aromatic N) is 4. The van der Waals surface area contributed by atoms with Gasteiger partial charge in [0.15, 0.2) is 0 Å². The Morgan fingerprint density at radius 2 is 1.94 bits per heavy atom. The molecule has 33 heavy (non-hydrogen) atoms. The number of aromatic nitrogens is 4. The first kappa shape index (κ1) is 25.8. The molecule has 5 heteroatoms. The van der Waals surface area contributed by atoms with Gasteiger partial charge in [-0.15, -0.1) is 0 Å². The average molecular weight is 444 g/mol. The van der Waals surface area contributed by atoms with E-state index in [0.29, 0.717) is 0 Å². The van der Waals surface area contributed by atoms with Crippen LogP contribution in [0.25, 0.3) is 11.1 Å². The van der Waals surface area contributed by atoms with E-state index in [4.69, 9.17) is 0 Å². The van der Waals surface area contributed by atoms with Crippen molar-refractivity contribution in [2.24, 2.45) is 7.05 Å². The van der Waals surface area contributed by atoms with E-state index in [1.165, 1.54) is 5.57 Å². The molecule has 5 nitrogen and oxygen atoms in total. The van der Waals surface area contributed by atoms with Crippen LogP contribution in [0.3, 0.4) is 0 Å². The highest BCUT2D eigenvalue weighted by atomic mass is 15.2. The minimum absolute atomic E-state index is 0.0872. The van der Waals surface area contributed by atoms with Crippen LogP contribution >= 0.6 is 0 Å². The molecule has 0 fully saturated rings. The molecule has 0 aliphatic heterocycles. The monoisotopic (exact) mass is 443 g/mol. The summed E-state index contributed by atoms with van der Waals surface area (Å²) in [5.74, 6) is 1.52. The van der Waals surface area contributed by atoms with E-state index in [-0.39, 0.29) is 6.04 Å². The molecule has 174 valence electrons. The van der Waals surface area contributed by atoms with Gasteiger partial charge in [0.05, 0.1) is 11.9 Å². The second kappa shape index (κ2) is 12.0. The molecule has 2 aromatic heterocycles. The van der Waals surface area contributed by atoms with Crippen molar-refractivity contribution in [1.82, 2.24) is 19.7 Å². The van der Waals surface area contributed by atoms with Crippen molar-refractivity contribution in [3.05, 3.63) is 95.8 Å². The van der Waals surface area contributed by atoms with Gasteiger partial charge in [-0.3, -0.25) is 4.68 Å². The van der Waals surface area contributed by atoms with Crippen molar-refractivity contribution in [3.8, 4) is 0 Å². The van der Waals surface area contributed by atoms with Crippen LogP contribution in [-0.2, 0) is 7.05 Å². The number of anilines is 1. The third-order valence-corrected chi connectivity index (χ3v) is 5.36. The number of hydrogen-bond donors (Lipinski definition) is 1. The molecule has 1 unspecified atom stereocenters. The summed E-state index contributed by atoms with van der Waals surface area (Å²) in [6, 6.07) is 2.09. The quantitative estimate of drug-likeness (QED) is 0.408. The summed E-state index contributed by atoms with van der Waals surface area (Å²) < 4.78 is 1.79. The van der Waals surface area contributed by atoms with Crippen LogP contribution in [0.2, 0.25) is 0 Å². The predicted octanol–water partition coefficient (Wildman–Crippen LogP) is 6.85. The Morgan fingerprint density at radius 3 is 2.48 bits per heavy atom. The number of allylic oxidation sites excluding steroid dienone is 9. The maximum atomic E-state index is 4.68.